The van der Waals surface area contributed by atoms with Gasteiger partial charge in [0.15, 0.2) is 5.82 Å². The lowest BCUT2D eigenvalue weighted by Gasteiger charge is -2.37. The molecule has 2 aromatic heterocycles. The summed E-state index contributed by atoms with van der Waals surface area (Å²) in [6, 6.07) is 0.775. The van der Waals surface area contributed by atoms with Crippen LogP contribution in [0.4, 0.5) is 0 Å². The Kier molecular flexibility index (Phi) is 3.63. The highest BCUT2D eigenvalue weighted by atomic mass is 16.5. The quantitative estimate of drug-likeness (QED) is 0.817. The fourth-order valence-electron chi connectivity index (χ4n) is 3.76. The Bertz CT molecular complexity index is 761. The molecule has 0 N–H and O–H groups in total. The minimum atomic E-state index is 0.159. The van der Waals surface area contributed by atoms with E-state index >= 15 is 0 Å². The number of hydrogen-bond acceptors (Lipinski definition) is 7. The van der Waals surface area contributed by atoms with Crippen LogP contribution in [0.25, 0.3) is 0 Å². The smallest absolute Gasteiger partial charge is 0.245 e. The Morgan fingerprint density at radius 1 is 1.12 bits per heavy atom. The summed E-state index contributed by atoms with van der Waals surface area (Å²) in [5.74, 6) is 4.31. The van der Waals surface area contributed by atoms with Crippen LogP contribution in [0.3, 0.4) is 0 Å². The molecule has 0 unspecified atom stereocenters. The Hall–Kier alpha value is -1.80. The Labute approximate surface area is 147 Å². The normalized spacial score (nSPS) is 25.6. The summed E-state index contributed by atoms with van der Waals surface area (Å²) in [6.45, 7) is 5.79. The number of rotatable bonds is 5. The van der Waals surface area contributed by atoms with Crippen LogP contribution in [-0.4, -0.2) is 61.4 Å². The van der Waals surface area contributed by atoms with Crippen LogP contribution < -0.4 is 0 Å². The van der Waals surface area contributed by atoms with Crippen LogP contribution in [0.2, 0.25) is 0 Å². The molecule has 0 bridgehead atoms. The summed E-state index contributed by atoms with van der Waals surface area (Å²) >= 11 is 0. The molecule has 2 aromatic rings. The van der Waals surface area contributed by atoms with E-state index in [0.29, 0.717) is 12.0 Å². The van der Waals surface area contributed by atoms with Gasteiger partial charge in [0.1, 0.15) is 17.7 Å². The molecule has 1 atom stereocenters. The molecule has 8 heteroatoms. The van der Waals surface area contributed by atoms with E-state index < -0.39 is 0 Å². The number of likely N-dealkylation sites (N-methyl/N-ethyl adjacent to an activating group) is 1. The minimum absolute atomic E-state index is 0.159. The molecule has 2 aliphatic carbocycles. The van der Waals surface area contributed by atoms with Crippen molar-refractivity contribution in [2.45, 2.75) is 57.2 Å². The summed E-state index contributed by atoms with van der Waals surface area (Å²) < 4.78 is 7.91. The molecular weight excluding hydrogens is 318 g/mol. The molecule has 134 valence electrons. The minimum Gasteiger partial charge on any atom is -0.338 e. The molecule has 3 fully saturated rings. The van der Waals surface area contributed by atoms with Gasteiger partial charge in [-0.15, -0.1) is 10.2 Å². The molecule has 0 amide bonds. The van der Waals surface area contributed by atoms with Gasteiger partial charge < -0.3 is 9.09 Å². The van der Waals surface area contributed by atoms with E-state index in [1.807, 2.05) is 0 Å². The van der Waals surface area contributed by atoms with Crippen LogP contribution in [0.1, 0.15) is 67.0 Å². The van der Waals surface area contributed by atoms with Crippen molar-refractivity contribution in [3.05, 3.63) is 23.4 Å². The Balaban J connectivity index is 1.31. The third-order valence-corrected chi connectivity index (χ3v) is 5.63. The number of aromatic nitrogens is 5. The molecular formula is C17H25N7O. The zero-order chi connectivity index (χ0) is 17.0. The summed E-state index contributed by atoms with van der Waals surface area (Å²) in [5, 5.41) is 12.9. The van der Waals surface area contributed by atoms with Crippen molar-refractivity contribution in [1.82, 2.24) is 34.7 Å². The van der Waals surface area contributed by atoms with Crippen LogP contribution in [0.5, 0.6) is 0 Å². The molecule has 25 heavy (non-hydrogen) atoms. The van der Waals surface area contributed by atoms with Gasteiger partial charge in [0.2, 0.25) is 5.89 Å². The first-order valence-corrected chi connectivity index (χ1v) is 9.35. The van der Waals surface area contributed by atoms with Crippen molar-refractivity contribution < 1.29 is 4.52 Å². The van der Waals surface area contributed by atoms with Crippen molar-refractivity contribution in [3.8, 4) is 0 Å². The van der Waals surface area contributed by atoms with Crippen molar-refractivity contribution in [1.29, 1.82) is 0 Å². The van der Waals surface area contributed by atoms with Gasteiger partial charge in [-0.05, 0) is 39.7 Å². The monoisotopic (exact) mass is 343 g/mol. The van der Waals surface area contributed by atoms with Gasteiger partial charge in [0.25, 0.3) is 0 Å². The summed E-state index contributed by atoms with van der Waals surface area (Å²) in [5.41, 5.74) is 0. The first kappa shape index (κ1) is 15.5. The summed E-state index contributed by atoms with van der Waals surface area (Å²) in [4.78, 5) is 9.42. The predicted molar refractivity (Wildman–Crippen MR) is 90.0 cm³/mol. The number of piperazine rings is 1. The molecule has 2 saturated carbocycles. The fourth-order valence-corrected chi connectivity index (χ4v) is 3.76. The van der Waals surface area contributed by atoms with E-state index in [1.165, 1.54) is 25.7 Å². The number of aryl methyl sites for hydroxylation is 1. The van der Waals surface area contributed by atoms with Crippen molar-refractivity contribution in [2.24, 2.45) is 0 Å². The topological polar surface area (TPSA) is 76.1 Å². The molecule has 0 spiro atoms. The largest absolute Gasteiger partial charge is 0.338 e. The van der Waals surface area contributed by atoms with Gasteiger partial charge in [-0.25, -0.2) is 0 Å². The van der Waals surface area contributed by atoms with Gasteiger partial charge in [-0.2, -0.15) is 4.98 Å². The van der Waals surface area contributed by atoms with Gasteiger partial charge in [-0.3, -0.25) is 9.80 Å². The molecule has 0 radical (unpaired) electrons. The van der Waals surface area contributed by atoms with Crippen LogP contribution in [-0.2, 0) is 6.54 Å². The lowest BCUT2D eigenvalue weighted by Crippen LogP contribution is -2.46. The third-order valence-electron chi connectivity index (χ3n) is 5.63. The van der Waals surface area contributed by atoms with Crippen LogP contribution in [0, 0.1) is 6.92 Å². The maximum Gasteiger partial charge on any atom is 0.245 e. The average molecular weight is 343 g/mol. The Morgan fingerprint density at radius 3 is 2.72 bits per heavy atom. The van der Waals surface area contributed by atoms with Crippen molar-refractivity contribution >= 4 is 0 Å². The highest BCUT2D eigenvalue weighted by Gasteiger charge is 2.35. The SMILES string of the molecule is Cc1nnc(CN2CCN(C)[C@@H](c3nc(C4CC4)no3)C2)n1C1CC1. The van der Waals surface area contributed by atoms with Gasteiger partial charge in [0.05, 0.1) is 6.54 Å². The van der Waals surface area contributed by atoms with Gasteiger partial charge in [-0.1, -0.05) is 5.16 Å². The molecule has 1 saturated heterocycles. The zero-order valence-corrected chi connectivity index (χ0v) is 14.9. The van der Waals surface area contributed by atoms with Gasteiger partial charge in [0, 0.05) is 31.6 Å². The van der Waals surface area contributed by atoms with E-state index in [2.05, 4.69) is 48.7 Å². The maximum atomic E-state index is 5.59. The second-order valence-corrected chi connectivity index (χ2v) is 7.76. The average Bonchev–Trinajstić information content (AvgIpc) is 3.54. The summed E-state index contributed by atoms with van der Waals surface area (Å²) in [6.07, 6.45) is 4.90. The lowest BCUT2D eigenvalue weighted by molar-refractivity contribution is 0.0691. The zero-order valence-electron chi connectivity index (χ0n) is 14.9. The molecule has 3 heterocycles. The highest BCUT2D eigenvalue weighted by Crippen LogP contribution is 2.39. The standard InChI is InChI=1S/C17H25N7O/c1-11-19-20-15(24(11)13-5-6-13)10-23-8-7-22(2)14(9-23)17-18-16(21-25-17)12-3-4-12/h12-14H,3-10H2,1-2H3/t14-/m1/s1. The van der Waals surface area contributed by atoms with Crippen molar-refractivity contribution in [2.75, 3.05) is 26.7 Å². The first-order chi connectivity index (χ1) is 12.2. The first-order valence-electron chi connectivity index (χ1n) is 9.35. The summed E-state index contributed by atoms with van der Waals surface area (Å²) in [7, 11) is 2.14. The van der Waals surface area contributed by atoms with E-state index in [1.54, 1.807) is 0 Å². The van der Waals surface area contributed by atoms with Gasteiger partial charge >= 0.3 is 0 Å². The molecule has 0 aromatic carbocycles. The third kappa shape index (κ3) is 2.97. The lowest BCUT2D eigenvalue weighted by atomic mass is 10.1. The van der Waals surface area contributed by atoms with Crippen molar-refractivity contribution in [3.63, 3.8) is 0 Å². The molecule has 3 aliphatic rings. The maximum absolute atomic E-state index is 5.59. The van der Waals surface area contributed by atoms with E-state index in [9.17, 15) is 0 Å². The highest BCUT2D eigenvalue weighted by molar-refractivity contribution is 5.06. The second-order valence-electron chi connectivity index (χ2n) is 7.76. The van der Waals surface area contributed by atoms with Crippen LogP contribution in [0.15, 0.2) is 4.52 Å². The second kappa shape index (κ2) is 5.88. The Morgan fingerprint density at radius 2 is 1.96 bits per heavy atom. The predicted octanol–water partition coefficient (Wildman–Crippen LogP) is 1.67. The van der Waals surface area contributed by atoms with Crippen LogP contribution >= 0.6 is 0 Å². The number of hydrogen-bond donors (Lipinski definition) is 0. The molecule has 5 rings (SSSR count). The fraction of sp³-hybridized carbons (Fsp3) is 0.765. The molecule has 1 aliphatic heterocycles. The van der Waals surface area contributed by atoms with E-state index in [-0.39, 0.29) is 6.04 Å². The van der Waals surface area contributed by atoms with E-state index in [4.69, 9.17) is 4.52 Å². The van der Waals surface area contributed by atoms with E-state index in [0.717, 1.165) is 49.5 Å². The molecule has 8 nitrogen and oxygen atoms in total. The number of nitrogens with zero attached hydrogens (tertiary/aromatic N) is 7.